The number of carbonyl (C=O) groups is 1. The molecule has 0 aromatic heterocycles. The molecule has 3 fully saturated rings. The summed E-state index contributed by atoms with van der Waals surface area (Å²) in [6.07, 6.45) is 19.6. The standard InChI is InChI=1S/C72H113N2O10P/c1-14-43-82-85(74(53(4)5)54(6)7)84-64(51-81-72(57-24-16-15-17-25-57,58-26-31-61(76-12)32-27-58)59-28-33-62(77-13)34-29-59)50-80-47-45-78-44-46-79-49-55(8)22-18-19-42-73-69(75)83-63-38-40-70(10)60(48-63)30-35-65-67-37-36-66(56(9)23-20-21-52(2)3)71(67,11)41-39-68(65)70/h15-17,24-34,52-56,63-68H,14,18-23,35-51H2,1-13H3,(H,73,75)/t55-,56+,63?,64?,65?,66?,67?,68?,70?,71+,85?/m0/s1. The van der Waals surface area contributed by atoms with Gasteiger partial charge >= 0.3 is 6.09 Å². The molecule has 0 heterocycles. The summed E-state index contributed by atoms with van der Waals surface area (Å²) < 4.78 is 58.9. The number of ether oxygens (including phenoxy) is 7. The summed E-state index contributed by atoms with van der Waals surface area (Å²) in [5, 5.41) is 3.08. The zero-order valence-electron chi connectivity index (χ0n) is 54.9. The van der Waals surface area contributed by atoms with Gasteiger partial charge in [-0.25, -0.2) is 9.46 Å². The maximum Gasteiger partial charge on any atom is 0.407 e. The van der Waals surface area contributed by atoms with Crippen LogP contribution < -0.4 is 14.8 Å². The molecule has 0 bridgehead atoms. The Balaban J connectivity index is 0.819. The van der Waals surface area contributed by atoms with Crippen molar-refractivity contribution in [2.45, 2.75) is 202 Å². The van der Waals surface area contributed by atoms with Gasteiger partial charge in [-0.15, -0.1) is 0 Å². The number of rotatable bonds is 37. The van der Waals surface area contributed by atoms with E-state index >= 15 is 0 Å². The molecule has 12 nitrogen and oxygen atoms in total. The molecule has 3 aromatic carbocycles. The number of carbonyl (C=O) groups excluding carboxylic acids is 1. The third-order valence-electron chi connectivity index (χ3n) is 19.9. The number of benzene rings is 3. The molecular formula is C72H113N2O10P. The van der Waals surface area contributed by atoms with E-state index in [4.69, 9.17) is 42.2 Å². The first-order chi connectivity index (χ1) is 41.0. The lowest BCUT2D eigenvalue weighted by Gasteiger charge is -2.58. The number of fused-ring (bicyclic) bond motifs is 5. The van der Waals surface area contributed by atoms with Crippen molar-refractivity contribution in [2.75, 3.05) is 73.6 Å². The van der Waals surface area contributed by atoms with Crippen molar-refractivity contribution >= 4 is 14.6 Å². The number of methoxy groups -OCH3 is 2. The molecule has 0 spiro atoms. The number of amides is 1. The molecule has 4 aliphatic carbocycles. The zero-order valence-corrected chi connectivity index (χ0v) is 55.8. The quantitative estimate of drug-likeness (QED) is 0.0257. The highest BCUT2D eigenvalue weighted by Gasteiger charge is 2.59. The molecule has 13 heteroatoms. The smallest absolute Gasteiger partial charge is 0.407 e. The molecule has 3 saturated carbocycles. The Morgan fingerprint density at radius 1 is 0.682 bits per heavy atom. The Labute approximate surface area is 516 Å². The van der Waals surface area contributed by atoms with Crippen LogP contribution in [0.1, 0.15) is 189 Å². The van der Waals surface area contributed by atoms with Crippen molar-refractivity contribution in [3.63, 3.8) is 0 Å². The van der Waals surface area contributed by atoms with Crippen LogP contribution in [0.15, 0.2) is 90.5 Å². The summed E-state index contributed by atoms with van der Waals surface area (Å²) in [5.74, 6) is 6.88. The minimum Gasteiger partial charge on any atom is -0.497 e. The predicted octanol–water partition coefficient (Wildman–Crippen LogP) is 17.2. The normalized spacial score (nSPS) is 24.6. The van der Waals surface area contributed by atoms with Gasteiger partial charge in [0.05, 0.1) is 60.5 Å². The third-order valence-corrected chi connectivity index (χ3v) is 22.1. The highest BCUT2D eigenvalue weighted by molar-refractivity contribution is 7.44. The average molecular weight is 1200 g/mol. The van der Waals surface area contributed by atoms with Crippen LogP contribution in [-0.4, -0.2) is 109 Å². The van der Waals surface area contributed by atoms with Crippen LogP contribution in [0.4, 0.5) is 4.79 Å². The molecular weight excluding hydrogens is 1080 g/mol. The molecule has 4 aliphatic rings. The Hall–Kier alpha value is -3.58. The van der Waals surface area contributed by atoms with E-state index < -0.39 is 20.2 Å². The van der Waals surface area contributed by atoms with Crippen molar-refractivity contribution in [1.82, 2.24) is 9.99 Å². The highest BCUT2D eigenvalue weighted by Crippen LogP contribution is 2.67. The van der Waals surface area contributed by atoms with Gasteiger partial charge in [0, 0.05) is 31.7 Å². The van der Waals surface area contributed by atoms with Crippen LogP contribution in [0.2, 0.25) is 0 Å². The molecule has 8 unspecified atom stereocenters. The first kappa shape index (κ1) is 68.9. The van der Waals surface area contributed by atoms with E-state index in [9.17, 15) is 4.79 Å². The Kier molecular flexibility index (Phi) is 27.4. The molecule has 1 amide bonds. The number of nitrogens with zero attached hydrogens (tertiary/aromatic N) is 1. The molecule has 1 N–H and O–H groups in total. The van der Waals surface area contributed by atoms with Gasteiger partial charge < -0.3 is 47.5 Å². The van der Waals surface area contributed by atoms with Gasteiger partial charge in [-0.05, 0) is 185 Å². The molecule has 3 aromatic rings. The molecule has 0 radical (unpaired) electrons. The molecule has 0 aliphatic heterocycles. The van der Waals surface area contributed by atoms with E-state index in [1.807, 2.05) is 42.5 Å². The lowest BCUT2D eigenvalue weighted by Crippen LogP contribution is -2.51. The summed E-state index contributed by atoms with van der Waals surface area (Å²) >= 11 is 0. The van der Waals surface area contributed by atoms with Crippen molar-refractivity contribution in [1.29, 1.82) is 0 Å². The van der Waals surface area contributed by atoms with Gasteiger partial charge in [0.1, 0.15) is 29.3 Å². The minimum absolute atomic E-state index is 0.0288. The van der Waals surface area contributed by atoms with Crippen molar-refractivity contribution in [3.8, 4) is 11.5 Å². The second kappa shape index (κ2) is 33.8. The predicted molar refractivity (Wildman–Crippen MR) is 345 cm³/mol. The van der Waals surface area contributed by atoms with Crippen LogP contribution in [0, 0.1) is 52.3 Å². The topological polar surface area (TPSA) is 115 Å². The Morgan fingerprint density at radius 2 is 1.32 bits per heavy atom. The summed E-state index contributed by atoms with van der Waals surface area (Å²) in [7, 11) is 1.89. The number of hydrogen-bond acceptors (Lipinski definition) is 11. The monoisotopic (exact) mass is 1200 g/mol. The van der Waals surface area contributed by atoms with Gasteiger partial charge in [0.25, 0.3) is 8.53 Å². The van der Waals surface area contributed by atoms with E-state index in [0.717, 1.165) is 109 Å². The van der Waals surface area contributed by atoms with Crippen molar-refractivity contribution in [3.05, 3.63) is 107 Å². The summed E-state index contributed by atoms with van der Waals surface area (Å²) in [6.45, 7) is 29.7. The number of hydrogen-bond donors (Lipinski definition) is 1. The Morgan fingerprint density at radius 3 is 1.94 bits per heavy atom. The van der Waals surface area contributed by atoms with Gasteiger partial charge in [-0.2, -0.15) is 0 Å². The fraction of sp³-hybridized carbons (Fsp3) is 0.708. The fourth-order valence-corrected chi connectivity index (χ4v) is 17.3. The number of allylic oxidation sites excluding steroid dienone is 1. The molecule has 11 atom stereocenters. The highest BCUT2D eigenvalue weighted by atomic mass is 31.2. The lowest BCUT2D eigenvalue weighted by atomic mass is 9.47. The molecule has 7 rings (SSSR count). The van der Waals surface area contributed by atoms with E-state index in [-0.39, 0.29) is 42.9 Å². The maximum atomic E-state index is 13.1. The van der Waals surface area contributed by atoms with Gasteiger partial charge in [-0.3, -0.25) is 0 Å². The van der Waals surface area contributed by atoms with Crippen LogP contribution in [0.25, 0.3) is 0 Å². The van der Waals surface area contributed by atoms with Crippen LogP contribution >= 0.6 is 8.53 Å². The SMILES string of the molecule is CCCOP(OC(COCCOCCOC[C@@H](C)CCCCNC(=O)OC1CCC2(C)C(=CCC3C2CC[C@@]2(C)C3CCC2[C@H](C)CCCC(C)C)C1)COC(c1ccccc1)(c1ccc(OC)cc1)c1ccc(OC)cc1)N(C(C)C)C(C)C. The van der Waals surface area contributed by atoms with Crippen LogP contribution in [-0.2, 0) is 38.3 Å². The second-order valence-electron chi connectivity index (χ2n) is 27.0. The molecule has 85 heavy (non-hydrogen) atoms. The summed E-state index contributed by atoms with van der Waals surface area (Å²) in [4.78, 5) is 13.1. The molecule has 0 saturated heterocycles. The van der Waals surface area contributed by atoms with E-state index in [1.165, 1.54) is 51.4 Å². The zero-order chi connectivity index (χ0) is 61.0. The van der Waals surface area contributed by atoms with Crippen molar-refractivity contribution in [2.24, 2.45) is 52.3 Å². The first-order valence-electron chi connectivity index (χ1n) is 33.2. The van der Waals surface area contributed by atoms with E-state index in [2.05, 4.69) is 129 Å². The average Bonchev–Trinajstić information content (AvgIpc) is 1.76. The largest absolute Gasteiger partial charge is 0.497 e. The second-order valence-corrected chi connectivity index (χ2v) is 28.4. The number of nitrogens with one attached hydrogen (secondary N) is 1. The number of alkyl carbamates (subject to hydrolysis) is 1. The number of unbranched alkanes of at least 4 members (excludes halogenated alkanes) is 1. The third kappa shape index (κ3) is 18.3. The van der Waals surface area contributed by atoms with Gasteiger partial charge in [-0.1, -0.05) is 140 Å². The van der Waals surface area contributed by atoms with Crippen molar-refractivity contribution < 1.29 is 47.0 Å². The first-order valence-corrected chi connectivity index (χ1v) is 34.3. The van der Waals surface area contributed by atoms with Gasteiger partial charge in [0.15, 0.2) is 0 Å². The fourth-order valence-electron chi connectivity index (χ4n) is 15.5. The van der Waals surface area contributed by atoms with E-state index in [0.29, 0.717) is 57.5 Å². The lowest BCUT2D eigenvalue weighted by molar-refractivity contribution is -0.0654. The van der Waals surface area contributed by atoms with E-state index in [1.54, 1.807) is 19.8 Å². The van der Waals surface area contributed by atoms with Gasteiger partial charge in [0.2, 0.25) is 0 Å². The summed E-state index contributed by atoms with van der Waals surface area (Å²) in [5.41, 5.74) is 4.14. The summed E-state index contributed by atoms with van der Waals surface area (Å²) in [6, 6.07) is 26.8. The van der Waals surface area contributed by atoms with Crippen LogP contribution in [0.3, 0.4) is 0 Å². The minimum atomic E-state index is -1.47. The Bertz CT molecular complexity index is 2370. The maximum absolute atomic E-state index is 13.1. The molecule has 476 valence electrons. The van der Waals surface area contributed by atoms with Crippen LogP contribution in [0.5, 0.6) is 11.5 Å².